The highest BCUT2D eigenvalue weighted by atomic mass is 16.5. The lowest BCUT2D eigenvalue weighted by atomic mass is 9.98. The van der Waals surface area contributed by atoms with Crippen LogP contribution in [0.5, 0.6) is 0 Å². The number of aryl methyl sites for hydroxylation is 1. The molecule has 2 aliphatic heterocycles. The van der Waals surface area contributed by atoms with Crippen molar-refractivity contribution in [2.45, 2.75) is 25.8 Å². The fraction of sp³-hybridized carbons (Fsp3) is 0.500. The fourth-order valence-corrected chi connectivity index (χ4v) is 3.66. The molecule has 0 saturated carbocycles. The zero-order valence-electron chi connectivity index (χ0n) is 14.9. The van der Waals surface area contributed by atoms with Gasteiger partial charge >= 0.3 is 0 Å². The van der Waals surface area contributed by atoms with E-state index < -0.39 is 0 Å². The Bertz CT molecular complexity index is 700. The molecular weight excluding hydrogens is 312 g/mol. The van der Waals surface area contributed by atoms with Crippen molar-refractivity contribution < 1.29 is 4.74 Å². The van der Waals surface area contributed by atoms with Gasteiger partial charge in [-0.3, -0.25) is 4.90 Å². The van der Waals surface area contributed by atoms with Gasteiger partial charge in [-0.25, -0.2) is 9.97 Å². The van der Waals surface area contributed by atoms with Crippen LogP contribution in [0.25, 0.3) is 0 Å². The lowest BCUT2D eigenvalue weighted by molar-refractivity contribution is 0.0889. The van der Waals surface area contributed by atoms with Crippen LogP contribution in [-0.4, -0.2) is 54.3 Å². The molecule has 5 nitrogen and oxygen atoms in total. The summed E-state index contributed by atoms with van der Waals surface area (Å²) in [4.78, 5) is 14.3. The number of ether oxygens (including phenoxy) is 1. The summed E-state index contributed by atoms with van der Waals surface area (Å²) in [6.45, 7) is 7.64. The zero-order valence-corrected chi connectivity index (χ0v) is 14.9. The van der Waals surface area contributed by atoms with Crippen molar-refractivity contribution >= 4 is 5.82 Å². The standard InChI is InChI=1S/C20H26N4O/c1-16-21-18(15-20(22-16)24-11-13-25-14-12-24)19-8-10-23(19)9-7-17-5-3-2-4-6-17/h2-6,15,19H,7-14H2,1H3/t19-/m1/s1. The van der Waals surface area contributed by atoms with Crippen molar-refractivity contribution in [1.29, 1.82) is 0 Å². The van der Waals surface area contributed by atoms with Gasteiger partial charge in [-0.1, -0.05) is 30.3 Å². The molecule has 2 aromatic rings. The Labute approximate surface area is 149 Å². The van der Waals surface area contributed by atoms with Gasteiger partial charge in [-0.05, 0) is 25.3 Å². The van der Waals surface area contributed by atoms with Crippen LogP contribution in [0, 0.1) is 6.92 Å². The molecule has 3 heterocycles. The molecule has 0 N–H and O–H groups in total. The molecule has 0 aliphatic carbocycles. The Balaban J connectivity index is 1.44. The molecule has 4 rings (SSSR count). The van der Waals surface area contributed by atoms with E-state index in [1.54, 1.807) is 0 Å². The van der Waals surface area contributed by atoms with Crippen LogP contribution in [0.4, 0.5) is 5.82 Å². The van der Waals surface area contributed by atoms with Gasteiger partial charge in [0, 0.05) is 32.2 Å². The number of hydrogen-bond acceptors (Lipinski definition) is 5. The Kier molecular flexibility index (Phi) is 4.95. The number of nitrogens with zero attached hydrogens (tertiary/aromatic N) is 4. The molecule has 2 fully saturated rings. The Hall–Kier alpha value is -1.98. The molecule has 2 saturated heterocycles. The summed E-state index contributed by atoms with van der Waals surface area (Å²) in [5.41, 5.74) is 2.58. The SMILES string of the molecule is Cc1nc([C@H]2CCN2CCc2ccccc2)cc(N2CCOCC2)n1. The minimum atomic E-state index is 0.435. The van der Waals surface area contributed by atoms with E-state index >= 15 is 0 Å². The highest BCUT2D eigenvalue weighted by molar-refractivity contribution is 5.41. The maximum Gasteiger partial charge on any atom is 0.132 e. The number of benzene rings is 1. The predicted molar refractivity (Wildman–Crippen MR) is 98.9 cm³/mol. The number of aromatic nitrogens is 2. The van der Waals surface area contributed by atoms with Gasteiger partial charge < -0.3 is 9.64 Å². The number of morpholine rings is 1. The molecule has 1 atom stereocenters. The number of likely N-dealkylation sites (tertiary alicyclic amines) is 1. The minimum Gasteiger partial charge on any atom is -0.378 e. The van der Waals surface area contributed by atoms with Crippen LogP contribution >= 0.6 is 0 Å². The maximum absolute atomic E-state index is 5.46. The van der Waals surface area contributed by atoms with Crippen LogP contribution in [0.15, 0.2) is 36.4 Å². The molecule has 132 valence electrons. The van der Waals surface area contributed by atoms with E-state index in [1.165, 1.54) is 17.7 Å². The second-order valence-corrected chi connectivity index (χ2v) is 6.87. The largest absolute Gasteiger partial charge is 0.378 e. The number of rotatable bonds is 5. The molecular formula is C20H26N4O. The van der Waals surface area contributed by atoms with E-state index in [9.17, 15) is 0 Å². The van der Waals surface area contributed by atoms with Crippen LogP contribution in [0.1, 0.15) is 29.5 Å². The first-order valence-electron chi connectivity index (χ1n) is 9.26. The number of anilines is 1. The molecule has 5 heteroatoms. The normalized spacial score (nSPS) is 21.2. The van der Waals surface area contributed by atoms with Crippen molar-refractivity contribution in [2.24, 2.45) is 0 Å². The monoisotopic (exact) mass is 338 g/mol. The van der Waals surface area contributed by atoms with Crippen molar-refractivity contribution in [1.82, 2.24) is 14.9 Å². The van der Waals surface area contributed by atoms with E-state index in [2.05, 4.69) is 51.2 Å². The number of hydrogen-bond donors (Lipinski definition) is 0. The van der Waals surface area contributed by atoms with Crippen LogP contribution < -0.4 is 4.90 Å². The molecule has 2 aliphatic rings. The summed E-state index contributed by atoms with van der Waals surface area (Å²) >= 11 is 0. The van der Waals surface area contributed by atoms with E-state index in [4.69, 9.17) is 9.72 Å². The lowest BCUT2D eigenvalue weighted by Gasteiger charge is -2.41. The third-order valence-corrected chi connectivity index (χ3v) is 5.18. The predicted octanol–water partition coefficient (Wildman–Crippen LogP) is 2.61. The Morgan fingerprint density at radius 3 is 2.60 bits per heavy atom. The summed E-state index contributed by atoms with van der Waals surface area (Å²) in [5.74, 6) is 1.93. The Morgan fingerprint density at radius 1 is 1.08 bits per heavy atom. The maximum atomic E-state index is 5.46. The van der Waals surface area contributed by atoms with E-state index in [0.29, 0.717) is 6.04 Å². The van der Waals surface area contributed by atoms with Crippen molar-refractivity contribution in [3.05, 3.63) is 53.5 Å². The first-order valence-corrected chi connectivity index (χ1v) is 9.26. The lowest BCUT2D eigenvalue weighted by Crippen LogP contribution is -2.43. The summed E-state index contributed by atoms with van der Waals surface area (Å²) < 4.78 is 5.46. The van der Waals surface area contributed by atoms with Crippen LogP contribution in [0.3, 0.4) is 0 Å². The van der Waals surface area contributed by atoms with Gasteiger partial charge in [0.25, 0.3) is 0 Å². The second kappa shape index (κ2) is 7.50. The molecule has 1 aromatic heterocycles. The molecule has 25 heavy (non-hydrogen) atoms. The zero-order chi connectivity index (χ0) is 17.1. The average molecular weight is 338 g/mol. The van der Waals surface area contributed by atoms with Crippen molar-refractivity contribution in [3.63, 3.8) is 0 Å². The first-order chi connectivity index (χ1) is 12.3. The first kappa shape index (κ1) is 16.5. The minimum absolute atomic E-state index is 0.435. The van der Waals surface area contributed by atoms with Gasteiger partial charge in [-0.15, -0.1) is 0 Å². The van der Waals surface area contributed by atoms with E-state index in [1.807, 2.05) is 6.92 Å². The Morgan fingerprint density at radius 2 is 1.88 bits per heavy atom. The summed E-state index contributed by atoms with van der Waals surface area (Å²) in [6, 6.07) is 13.4. The van der Waals surface area contributed by atoms with Gasteiger partial charge in [0.2, 0.25) is 0 Å². The highest BCUT2D eigenvalue weighted by Gasteiger charge is 2.31. The van der Waals surface area contributed by atoms with E-state index in [-0.39, 0.29) is 0 Å². The third kappa shape index (κ3) is 3.83. The smallest absolute Gasteiger partial charge is 0.132 e. The van der Waals surface area contributed by atoms with Crippen molar-refractivity contribution in [2.75, 3.05) is 44.3 Å². The van der Waals surface area contributed by atoms with Gasteiger partial charge in [-0.2, -0.15) is 0 Å². The van der Waals surface area contributed by atoms with Crippen molar-refractivity contribution in [3.8, 4) is 0 Å². The highest BCUT2D eigenvalue weighted by Crippen LogP contribution is 2.33. The van der Waals surface area contributed by atoms with Gasteiger partial charge in [0.15, 0.2) is 0 Å². The topological polar surface area (TPSA) is 41.5 Å². The molecule has 0 radical (unpaired) electrons. The molecule has 0 amide bonds. The second-order valence-electron chi connectivity index (χ2n) is 6.87. The summed E-state index contributed by atoms with van der Waals surface area (Å²) in [7, 11) is 0. The average Bonchev–Trinajstić information content (AvgIpc) is 2.62. The third-order valence-electron chi connectivity index (χ3n) is 5.18. The molecule has 0 spiro atoms. The summed E-state index contributed by atoms with van der Waals surface area (Å²) in [5, 5.41) is 0. The van der Waals surface area contributed by atoms with Gasteiger partial charge in [0.05, 0.1) is 24.9 Å². The molecule has 1 aromatic carbocycles. The molecule has 0 bridgehead atoms. The van der Waals surface area contributed by atoms with E-state index in [0.717, 1.165) is 57.5 Å². The van der Waals surface area contributed by atoms with Crippen LogP contribution in [0.2, 0.25) is 0 Å². The quantitative estimate of drug-likeness (QED) is 0.838. The van der Waals surface area contributed by atoms with Gasteiger partial charge in [0.1, 0.15) is 11.6 Å². The fourth-order valence-electron chi connectivity index (χ4n) is 3.66. The van der Waals surface area contributed by atoms with Crippen LogP contribution in [-0.2, 0) is 11.2 Å². The molecule has 0 unspecified atom stereocenters. The summed E-state index contributed by atoms with van der Waals surface area (Å²) in [6.07, 6.45) is 2.28.